The SMILES string of the molecule is O=C(Nc1ccc(OC(F)F)cc1)c1cccc(CN2C(=O)CSC2=O)c1. The number of hydrogen-bond acceptors (Lipinski definition) is 5. The van der Waals surface area contributed by atoms with Gasteiger partial charge < -0.3 is 10.1 Å². The van der Waals surface area contributed by atoms with Crippen LogP contribution in [-0.4, -0.2) is 34.3 Å². The van der Waals surface area contributed by atoms with Crippen LogP contribution in [0, 0.1) is 0 Å². The molecule has 0 spiro atoms. The van der Waals surface area contributed by atoms with Crippen molar-refractivity contribution in [2.45, 2.75) is 13.2 Å². The van der Waals surface area contributed by atoms with Crippen LogP contribution in [0.25, 0.3) is 0 Å². The van der Waals surface area contributed by atoms with E-state index in [4.69, 9.17) is 0 Å². The number of ether oxygens (including phenoxy) is 1. The largest absolute Gasteiger partial charge is 0.435 e. The molecule has 9 heteroatoms. The number of carbonyl (C=O) groups excluding carboxylic acids is 3. The zero-order valence-electron chi connectivity index (χ0n) is 13.9. The maximum atomic E-state index is 12.4. The van der Waals surface area contributed by atoms with Gasteiger partial charge in [0.05, 0.1) is 12.3 Å². The molecule has 1 heterocycles. The number of hydrogen-bond donors (Lipinski definition) is 1. The molecule has 1 N–H and O–H groups in total. The highest BCUT2D eigenvalue weighted by Crippen LogP contribution is 2.22. The van der Waals surface area contributed by atoms with Crippen molar-refractivity contribution < 1.29 is 27.9 Å². The lowest BCUT2D eigenvalue weighted by atomic mass is 10.1. The van der Waals surface area contributed by atoms with Crippen LogP contribution in [-0.2, 0) is 11.3 Å². The van der Waals surface area contributed by atoms with Crippen molar-refractivity contribution in [2.24, 2.45) is 0 Å². The number of anilines is 1. The van der Waals surface area contributed by atoms with Crippen LogP contribution in [0.3, 0.4) is 0 Å². The monoisotopic (exact) mass is 392 g/mol. The third-order valence-electron chi connectivity index (χ3n) is 3.71. The van der Waals surface area contributed by atoms with Gasteiger partial charge in [-0.3, -0.25) is 19.3 Å². The number of rotatable bonds is 6. The van der Waals surface area contributed by atoms with Gasteiger partial charge in [0.15, 0.2) is 0 Å². The molecule has 0 saturated carbocycles. The van der Waals surface area contributed by atoms with E-state index < -0.39 is 12.5 Å². The third-order valence-corrected chi connectivity index (χ3v) is 4.57. The summed E-state index contributed by atoms with van der Waals surface area (Å²) in [6.07, 6.45) is 0. The molecule has 27 heavy (non-hydrogen) atoms. The standard InChI is InChI=1S/C18H14F2N2O4S/c19-17(20)26-14-6-4-13(5-7-14)21-16(24)12-3-1-2-11(8-12)9-22-15(23)10-27-18(22)25/h1-8,17H,9-10H2,(H,21,24). The van der Waals surface area contributed by atoms with Crippen LogP contribution in [0.1, 0.15) is 15.9 Å². The van der Waals surface area contributed by atoms with Crippen LogP contribution in [0.4, 0.5) is 19.3 Å². The van der Waals surface area contributed by atoms with Gasteiger partial charge in [-0.1, -0.05) is 23.9 Å². The molecule has 140 valence electrons. The molecule has 0 aliphatic carbocycles. The summed E-state index contributed by atoms with van der Waals surface area (Å²) in [6, 6.07) is 12.1. The summed E-state index contributed by atoms with van der Waals surface area (Å²) >= 11 is 0.951. The van der Waals surface area contributed by atoms with Crippen LogP contribution >= 0.6 is 11.8 Å². The smallest absolute Gasteiger partial charge is 0.387 e. The Morgan fingerprint density at radius 1 is 1.19 bits per heavy atom. The Balaban J connectivity index is 1.66. The second-order valence-corrected chi connectivity index (χ2v) is 6.52. The van der Waals surface area contributed by atoms with E-state index in [0.717, 1.165) is 16.7 Å². The molecular formula is C18H14F2N2O4S. The Morgan fingerprint density at radius 2 is 1.93 bits per heavy atom. The lowest BCUT2D eigenvalue weighted by Crippen LogP contribution is -2.28. The van der Waals surface area contributed by atoms with E-state index in [0.29, 0.717) is 16.8 Å². The molecule has 3 amide bonds. The topological polar surface area (TPSA) is 75.7 Å². The van der Waals surface area contributed by atoms with E-state index in [2.05, 4.69) is 10.1 Å². The van der Waals surface area contributed by atoms with E-state index in [1.807, 2.05) is 0 Å². The fourth-order valence-corrected chi connectivity index (χ4v) is 3.18. The highest BCUT2D eigenvalue weighted by Gasteiger charge is 2.29. The summed E-state index contributed by atoms with van der Waals surface area (Å²) in [6.45, 7) is -2.81. The van der Waals surface area contributed by atoms with E-state index in [-0.39, 0.29) is 29.2 Å². The fourth-order valence-electron chi connectivity index (χ4n) is 2.45. The molecule has 0 bridgehead atoms. The lowest BCUT2D eigenvalue weighted by Gasteiger charge is -2.13. The van der Waals surface area contributed by atoms with Crippen molar-refractivity contribution >= 4 is 34.5 Å². The minimum Gasteiger partial charge on any atom is -0.435 e. The van der Waals surface area contributed by atoms with Crippen molar-refractivity contribution in [3.63, 3.8) is 0 Å². The van der Waals surface area contributed by atoms with Gasteiger partial charge in [-0.25, -0.2) is 0 Å². The van der Waals surface area contributed by atoms with Crippen LogP contribution in [0.5, 0.6) is 5.75 Å². The predicted octanol–water partition coefficient (Wildman–Crippen LogP) is 3.74. The highest BCUT2D eigenvalue weighted by molar-refractivity contribution is 8.14. The number of nitrogens with one attached hydrogen (secondary N) is 1. The second-order valence-electron chi connectivity index (χ2n) is 5.59. The van der Waals surface area contributed by atoms with Gasteiger partial charge >= 0.3 is 6.61 Å². The number of alkyl halides is 2. The quantitative estimate of drug-likeness (QED) is 0.811. The first-order valence-corrected chi connectivity index (χ1v) is 8.83. The summed E-state index contributed by atoms with van der Waals surface area (Å²) in [5, 5.41) is 2.34. The molecule has 2 aromatic carbocycles. The van der Waals surface area contributed by atoms with Crippen molar-refractivity contribution in [3.05, 3.63) is 59.7 Å². The Bertz CT molecular complexity index is 858. The number of benzene rings is 2. The van der Waals surface area contributed by atoms with Crippen LogP contribution in [0.2, 0.25) is 0 Å². The lowest BCUT2D eigenvalue weighted by molar-refractivity contribution is -0.125. The molecule has 2 aromatic rings. The first kappa shape index (κ1) is 18.8. The molecule has 6 nitrogen and oxygen atoms in total. The third kappa shape index (κ3) is 4.82. The molecule has 1 aliphatic heterocycles. The summed E-state index contributed by atoms with van der Waals surface area (Å²) in [5.41, 5.74) is 1.40. The van der Waals surface area contributed by atoms with E-state index >= 15 is 0 Å². The summed E-state index contributed by atoms with van der Waals surface area (Å²) in [4.78, 5) is 36.9. The summed E-state index contributed by atoms with van der Waals surface area (Å²) < 4.78 is 28.5. The van der Waals surface area contributed by atoms with Crippen molar-refractivity contribution in [1.29, 1.82) is 0 Å². The Labute approximate surface area is 157 Å². The minimum absolute atomic E-state index is 0.0113. The first-order valence-electron chi connectivity index (χ1n) is 7.84. The maximum Gasteiger partial charge on any atom is 0.387 e. The van der Waals surface area contributed by atoms with Gasteiger partial charge in [-0.15, -0.1) is 0 Å². The average molecular weight is 392 g/mol. The van der Waals surface area contributed by atoms with Gasteiger partial charge in [0, 0.05) is 11.3 Å². The van der Waals surface area contributed by atoms with Gasteiger partial charge in [0.25, 0.3) is 11.1 Å². The normalized spacial score (nSPS) is 14.0. The minimum atomic E-state index is -2.92. The second kappa shape index (κ2) is 8.17. The van der Waals surface area contributed by atoms with Gasteiger partial charge in [-0.05, 0) is 42.0 Å². The highest BCUT2D eigenvalue weighted by atomic mass is 32.2. The molecule has 0 atom stereocenters. The van der Waals surface area contributed by atoms with Crippen LogP contribution in [0.15, 0.2) is 48.5 Å². The van der Waals surface area contributed by atoms with E-state index in [1.54, 1.807) is 24.3 Å². The van der Waals surface area contributed by atoms with Gasteiger partial charge in [0.1, 0.15) is 5.75 Å². The summed E-state index contributed by atoms with van der Waals surface area (Å²) in [5.74, 6) is -0.550. The molecule has 1 saturated heterocycles. The van der Waals surface area contributed by atoms with E-state index in [1.165, 1.54) is 24.3 Å². The number of amides is 3. The zero-order chi connectivity index (χ0) is 19.4. The Kier molecular flexibility index (Phi) is 5.70. The van der Waals surface area contributed by atoms with Crippen molar-refractivity contribution in [3.8, 4) is 5.75 Å². The number of halogens is 2. The zero-order valence-corrected chi connectivity index (χ0v) is 14.7. The number of thioether (sulfide) groups is 1. The molecule has 3 rings (SSSR count). The predicted molar refractivity (Wildman–Crippen MR) is 95.9 cm³/mol. The van der Waals surface area contributed by atoms with Crippen molar-refractivity contribution in [1.82, 2.24) is 4.90 Å². The Hall–Kier alpha value is -2.94. The molecule has 0 unspecified atom stereocenters. The number of carbonyl (C=O) groups is 3. The molecule has 0 radical (unpaired) electrons. The first-order chi connectivity index (χ1) is 12.9. The average Bonchev–Trinajstić information content (AvgIpc) is 2.95. The van der Waals surface area contributed by atoms with Gasteiger partial charge in [0.2, 0.25) is 5.91 Å². The fraction of sp³-hybridized carbons (Fsp3) is 0.167. The molecule has 1 aliphatic rings. The number of imide groups is 1. The Morgan fingerprint density at radius 3 is 2.56 bits per heavy atom. The van der Waals surface area contributed by atoms with Crippen LogP contribution < -0.4 is 10.1 Å². The summed E-state index contributed by atoms with van der Waals surface area (Å²) in [7, 11) is 0. The van der Waals surface area contributed by atoms with Gasteiger partial charge in [-0.2, -0.15) is 8.78 Å². The number of nitrogens with zero attached hydrogens (tertiary/aromatic N) is 1. The van der Waals surface area contributed by atoms with E-state index in [9.17, 15) is 23.2 Å². The molecule has 1 fully saturated rings. The molecular weight excluding hydrogens is 378 g/mol. The van der Waals surface area contributed by atoms with Crippen molar-refractivity contribution in [2.75, 3.05) is 11.1 Å². The maximum absolute atomic E-state index is 12.4. The molecule has 0 aromatic heterocycles.